The maximum absolute atomic E-state index is 6.05. The second kappa shape index (κ2) is 8.16. The molecule has 1 unspecified atom stereocenters. The topological polar surface area (TPSA) is 35.2 Å². The second-order valence-electron chi connectivity index (χ2n) is 6.55. The Kier molecular flexibility index (Phi) is 6.23. The van der Waals surface area contributed by atoms with Crippen LogP contribution in [-0.4, -0.2) is 13.2 Å². The molecule has 2 aromatic rings. The van der Waals surface area contributed by atoms with Crippen molar-refractivity contribution in [3.63, 3.8) is 0 Å². The molecular weight excluding hydrogens is 282 g/mol. The van der Waals surface area contributed by atoms with E-state index in [2.05, 4.69) is 52.0 Å². The molecule has 0 aliphatic rings. The molecule has 0 amide bonds. The third-order valence-corrected chi connectivity index (χ3v) is 4.42. The summed E-state index contributed by atoms with van der Waals surface area (Å²) >= 11 is 0. The highest BCUT2D eigenvalue weighted by Crippen LogP contribution is 2.28. The molecule has 0 fully saturated rings. The second-order valence-corrected chi connectivity index (χ2v) is 6.55. The van der Waals surface area contributed by atoms with Gasteiger partial charge in [0, 0.05) is 0 Å². The van der Waals surface area contributed by atoms with E-state index < -0.39 is 0 Å². The van der Waals surface area contributed by atoms with Gasteiger partial charge in [-0.1, -0.05) is 35.4 Å². The Bertz CT molecular complexity index is 608. The van der Waals surface area contributed by atoms with Gasteiger partial charge in [0.2, 0.25) is 0 Å². The molecule has 2 aromatic carbocycles. The first-order valence-electron chi connectivity index (χ1n) is 8.48. The third kappa shape index (κ3) is 4.84. The highest BCUT2D eigenvalue weighted by molar-refractivity contribution is 5.40. The molecule has 124 valence electrons. The molecule has 0 heterocycles. The van der Waals surface area contributed by atoms with Crippen LogP contribution in [0.15, 0.2) is 36.4 Å². The Hall–Kier alpha value is -1.80. The van der Waals surface area contributed by atoms with Gasteiger partial charge in [0.25, 0.3) is 0 Å². The first-order chi connectivity index (χ1) is 11.0. The summed E-state index contributed by atoms with van der Waals surface area (Å²) in [4.78, 5) is 0. The normalized spacial score (nSPS) is 12.2. The Morgan fingerprint density at radius 3 is 2.09 bits per heavy atom. The van der Waals surface area contributed by atoms with Crippen molar-refractivity contribution in [2.75, 3.05) is 13.2 Å². The summed E-state index contributed by atoms with van der Waals surface area (Å²) in [5.41, 5.74) is 12.8. The van der Waals surface area contributed by atoms with Crippen LogP contribution >= 0.6 is 0 Å². The number of hydrogen-bond acceptors (Lipinski definition) is 2. The zero-order valence-electron chi connectivity index (χ0n) is 14.9. The minimum absolute atomic E-state index is 0.414. The Balaban J connectivity index is 1.91. The van der Waals surface area contributed by atoms with Crippen molar-refractivity contribution in [1.82, 2.24) is 0 Å². The standard InChI is InChI=1S/C21H29NO/c1-15-7-9-20(10-8-15)23-11-5-6-19(14-22)21-17(3)12-16(2)13-18(21)4/h7-10,12-13,19H,5-6,11,14,22H2,1-4H3. The molecule has 0 radical (unpaired) electrons. The van der Waals surface area contributed by atoms with Crippen LogP contribution in [0.1, 0.15) is 46.6 Å². The van der Waals surface area contributed by atoms with Gasteiger partial charge in [-0.05, 0) is 81.8 Å². The van der Waals surface area contributed by atoms with Crippen LogP contribution in [0.4, 0.5) is 0 Å². The van der Waals surface area contributed by atoms with Crippen LogP contribution in [0.3, 0.4) is 0 Å². The number of rotatable bonds is 7. The fourth-order valence-electron chi connectivity index (χ4n) is 3.37. The first-order valence-corrected chi connectivity index (χ1v) is 8.48. The van der Waals surface area contributed by atoms with Gasteiger partial charge in [-0.25, -0.2) is 0 Å². The molecule has 0 saturated heterocycles. The summed E-state index contributed by atoms with van der Waals surface area (Å²) in [6.07, 6.45) is 2.08. The molecule has 23 heavy (non-hydrogen) atoms. The van der Waals surface area contributed by atoms with Gasteiger partial charge < -0.3 is 10.5 Å². The number of aryl methyl sites for hydroxylation is 4. The Morgan fingerprint density at radius 2 is 1.52 bits per heavy atom. The molecule has 2 nitrogen and oxygen atoms in total. The largest absolute Gasteiger partial charge is 0.494 e. The average molecular weight is 311 g/mol. The van der Waals surface area contributed by atoms with Crippen LogP contribution in [0.2, 0.25) is 0 Å². The van der Waals surface area contributed by atoms with Gasteiger partial charge in [-0.3, -0.25) is 0 Å². The van der Waals surface area contributed by atoms with Crippen LogP contribution in [0.25, 0.3) is 0 Å². The van der Waals surface area contributed by atoms with Crippen LogP contribution < -0.4 is 10.5 Å². The quantitative estimate of drug-likeness (QED) is 0.744. The summed E-state index contributed by atoms with van der Waals surface area (Å²) in [6, 6.07) is 12.7. The van der Waals surface area contributed by atoms with Gasteiger partial charge in [0.05, 0.1) is 6.61 Å². The molecular formula is C21H29NO. The minimum Gasteiger partial charge on any atom is -0.494 e. The average Bonchev–Trinajstić information content (AvgIpc) is 2.50. The van der Waals surface area contributed by atoms with E-state index in [9.17, 15) is 0 Å². The first kappa shape index (κ1) is 17.6. The minimum atomic E-state index is 0.414. The summed E-state index contributed by atoms with van der Waals surface area (Å²) in [6.45, 7) is 10.1. The Labute approximate surface area is 140 Å². The fraction of sp³-hybridized carbons (Fsp3) is 0.429. The number of hydrogen-bond donors (Lipinski definition) is 1. The molecule has 2 heteroatoms. The predicted molar refractivity (Wildman–Crippen MR) is 98.4 cm³/mol. The summed E-state index contributed by atoms with van der Waals surface area (Å²) in [7, 11) is 0. The van der Waals surface area contributed by atoms with Crippen molar-refractivity contribution in [2.24, 2.45) is 5.73 Å². The molecule has 0 bridgehead atoms. The summed E-state index contributed by atoms with van der Waals surface area (Å²) in [5, 5.41) is 0. The Morgan fingerprint density at radius 1 is 0.913 bits per heavy atom. The van der Waals surface area contributed by atoms with Crippen molar-refractivity contribution < 1.29 is 4.74 Å². The number of ether oxygens (including phenoxy) is 1. The van der Waals surface area contributed by atoms with E-state index >= 15 is 0 Å². The van der Waals surface area contributed by atoms with E-state index in [1.54, 1.807) is 0 Å². The van der Waals surface area contributed by atoms with Crippen LogP contribution in [0, 0.1) is 27.7 Å². The maximum Gasteiger partial charge on any atom is 0.119 e. The van der Waals surface area contributed by atoms with Gasteiger partial charge in [-0.15, -0.1) is 0 Å². The lowest BCUT2D eigenvalue weighted by atomic mass is 9.86. The molecule has 1 atom stereocenters. The maximum atomic E-state index is 6.05. The lowest BCUT2D eigenvalue weighted by Gasteiger charge is -2.21. The van der Waals surface area contributed by atoms with Gasteiger partial charge in [0.15, 0.2) is 0 Å². The fourth-order valence-corrected chi connectivity index (χ4v) is 3.37. The van der Waals surface area contributed by atoms with E-state index in [0.29, 0.717) is 12.5 Å². The van der Waals surface area contributed by atoms with Gasteiger partial charge >= 0.3 is 0 Å². The SMILES string of the molecule is Cc1ccc(OCCCC(CN)c2c(C)cc(C)cc2C)cc1. The predicted octanol–water partition coefficient (Wildman–Crippen LogP) is 4.82. The zero-order valence-corrected chi connectivity index (χ0v) is 14.9. The van der Waals surface area contributed by atoms with E-state index in [0.717, 1.165) is 25.2 Å². The van der Waals surface area contributed by atoms with E-state index in [4.69, 9.17) is 10.5 Å². The van der Waals surface area contributed by atoms with Crippen molar-refractivity contribution in [2.45, 2.75) is 46.5 Å². The van der Waals surface area contributed by atoms with Crippen molar-refractivity contribution in [3.8, 4) is 5.75 Å². The molecule has 0 saturated carbocycles. The zero-order chi connectivity index (χ0) is 16.8. The third-order valence-electron chi connectivity index (χ3n) is 4.42. The highest BCUT2D eigenvalue weighted by atomic mass is 16.5. The monoisotopic (exact) mass is 311 g/mol. The lowest BCUT2D eigenvalue weighted by molar-refractivity contribution is 0.301. The van der Waals surface area contributed by atoms with Gasteiger partial charge in [0.1, 0.15) is 5.75 Å². The molecule has 2 N–H and O–H groups in total. The molecule has 0 spiro atoms. The summed E-state index contributed by atoms with van der Waals surface area (Å²) in [5.74, 6) is 1.36. The smallest absolute Gasteiger partial charge is 0.119 e. The molecule has 0 aliphatic carbocycles. The number of nitrogens with two attached hydrogens (primary N) is 1. The van der Waals surface area contributed by atoms with E-state index in [1.807, 2.05) is 12.1 Å². The van der Waals surface area contributed by atoms with E-state index in [-0.39, 0.29) is 0 Å². The van der Waals surface area contributed by atoms with Crippen LogP contribution in [0.5, 0.6) is 5.75 Å². The highest BCUT2D eigenvalue weighted by Gasteiger charge is 2.15. The van der Waals surface area contributed by atoms with Crippen molar-refractivity contribution >= 4 is 0 Å². The summed E-state index contributed by atoms with van der Waals surface area (Å²) < 4.78 is 5.83. The van der Waals surface area contributed by atoms with Crippen molar-refractivity contribution in [1.29, 1.82) is 0 Å². The molecule has 0 aromatic heterocycles. The number of benzene rings is 2. The molecule has 2 rings (SSSR count). The van der Waals surface area contributed by atoms with Crippen LogP contribution in [-0.2, 0) is 0 Å². The lowest BCUT2D eigenvalue weighted by Crippen LogP contribution is -2.16. The van der Waals surface area contributed by atoms with Gasteiger partial charge in [-0.2, -0.15) is 0 Å². The van der Waals surface area contributed by atoms with E-state index in [1.165, 1.54) is 27.8 Å². The van der Waals surface area contributed by atoms with Crippen molar-refractivity contribution in [3.05, 3.63) is 64.2 Å². The molecule has 0 aliphatic heterocycles.